The second-order valence-electron chi connectivity index (χ2n) is 4.86. The summed E-state index contributed by atoms with van der Waals surface area (Å²) < 4.78 is 26.5. The van der Waals surface area contributed by atoms with E-state index in [4.69, 9.17) is 11.6 Å². The molecule has 0 radical (unpaired) electrons. The zero-order valence-electron chi connectivity index (χ0n) is 11.4. The van der Waals surface area contributed by atoms with Crippen LogP contribution in [0.5, 0.6) is 0 Å². The van der Waals surface area contributed by atoms with Crippen molar-refractivity contribution >= 4 is 34.0 Å². The van der Waals surface area contributed by atoms with Gasteiger partial charge >= 0.3 is 0 Å². The second-order valence-corrected chi connectivity index (χ2v) is 7.24. The molecule has 0 aliphatic carbocycles. The van der Waals surface area contributed by atoms with Gasteiger partial charge in [-0.25, -0.2) is 8.42 Å². The van der Waals surface area contributed by atoms with Crippen LogP contribution in [0.2, 0.25) is 5.02 Å². The van der Waals surface area contributed by atoms with Crippen molar-refractivity contribution in [2.75, 3.05) is 26.7 Å². The number of hydrogen-bond acceptors (Lipinski definition) is 3. The highest BCUT2D eigenvalue weighted by Crippen LogP contribution is 2.24. The van der Waals surface area contributed by atoms with Gasteiger partial charge in [-0.3, -0.25) is 0 Å². The number of halogens is 2. The molecule has 0 unspecified atom stereocenters. The topological polar surface area (TPSA) is 49.4 Å². The maximum Gasteiger partial charge on any atom is 0.243 e. The van der Waals surface area contributed by atoms with Gasteiger partial charge in [0.1, 0.15) is 0 Å². The molecule has 114 valence electrons. The van der Waals surface area contributed by atoms with Gasteiger partial charge in [-0.05, 0) is 50.6 Å². The lowest BCUT2D eigenvalue weighted by molar-refractivity contribution is 0.270. The third kappa shape index (κ3) is 4.09. The van der Waals surface area contributed by atoms with Gasteiger partial charge in [0.2, 0.25) is 10.0 Å². The molecule has 0 aromatic heterocycles. The molecule has 1 heterocycles. The number of nitrogens with zero attached hydrogens (tertiary/aromatic N) is 1. The summed E-state index contributed by atoms with van der Waals surface area (Å²) in [6.07, 6.45) is 1.81. The molecule has 7 heteroatoms. The predicted molar refractivity (Wildman–Crippen MR) is 84.1 cm³/mol. The summed E-state index contributed by atoms with van der Waals surface area (Å²) in [5.41, 5.74) is 0. The van der Waals surface area contributed by atoms with Crippen molar-refractivity contribution in [2.24, 2.45) is 5.92 Å². The van der Waals surface area contributed by atoms with E-state index in [0.717, 1.165) is 19.4 Å². The van der Waals surface area contributed by atoms with Gasteiger partial charge in [0.05, 0.1) is 4.90 Å². The molecule has 20 heavy (non-hydrogen) atoms. The van der Waals surface area contributed by atoms with E-state index >= 15 is 0 Å². The Labute approximate surface area is 132 Å². The van der Waals surface area contributed by atoms with E-state index in [1.807, 2.05) is 7.05 Å². The van der Waals surface area contributed by atoms with Crippen LogP contribution in [-0.2, 0) is 10.0 Å². The van der Waals surface area contributed by atoms with Gasteiger partial charge in [-0.1, -0.05) is 17.7 Å². The van der Waals surface area contributed by atoms with Crippen molar-refractivity contribution in [1.29, 1.82) is 0 Å². The second kappa shape index (κ2) is 7.61. The van der Waals surface area contributed by atoms with E-state index in [-0.39, 0.29) is 17.3 Å². The van der Waals surface area contributed by atoms with Crippen molar-refractivity contribution in [1.82, 2.24) is 9.62 Å². The van der Waals surface area contributed by atoms with E-state index in [1.54, 1.807) is 22.5 Å². The third-order valence-electron chi connectivity index (χ3n) is 3.50. The van der Waals surface area contributed by atoms with Crippen molar-refractivity contribution in [3.05, 3.63) is 29.3 Å². The lowest BCUT2D eigenvalue weighted by Gasteiger charge is -2.31. The van der Waals surface area contributed by atoms with Gasteiger partial charge in [0.15, 0.2) is 0 Å². The minimum Gasteiger partial charge on any atom is -0.319 e. The molecule has 4 nitrogen and oxygen atoms in total. The molecular formula is C13H20Cl2N2O2S. The fourth-order valence-electron chi connectivity index (χ4n) is 2.42. The molecule has 2 rings (SSSR count). The summed E-state index contributed by atoms with van der Waals surface area (Å²) in [4.78, 5) is 0.284. The smallest absolute Gasteiger partial charge is 0.243 e. The van der Waals surface area contributed by atoms with Crippen molar-refractivity contribution in [3.8, 4) is 0 Å². The fraction of sp³-hybridized carbons (Fsp3) is 0.538. The van der Waals surface area contributed by atoms with Crippen LogP contribution >= 0.6 is 24.0 Å². The first-order valence-electron chi connectivity index (χ1n) is 6.44. The molecule has 1 aromatic carbocycles. The summed E-state index contributed by atoms with van der Waals surface area (Å²) >= 11 is 5.86. The zero-order valence-corrected chi connectivity index (χ0v) is 13.8. The number of piperidine rings is 1. The Hall–Kier alpha value is -0.330. The van der Waals surface area contributed by atoms with E-state index in [2.05, 4.69) is 5.32 Å². The molecule has 1 aromatic rings. The average molecular weight is 339 g/mol. The predicted octanol–water partition coefficient (Wildman–Crippen LogP) is 2.38. The lowest BCUT2D eigenvalue weighted by Crippen LogP contribution is -2.40. The van der Waals surface area contributed by atoms with Crippen LogP contribution in [0, 0.1) is 5.92 Å². The summed E-state index contributed by atoms with van der Waals surface area (Å²) in [7, 11) is -1.47. The molecule has 1 aliphatic rings. The largest absolute Gasteiger partial charge is 0.319 e. The van der Waals surface area contributed by atoms with Crippen LogP contribution in [0.25, 0.3) is 0 Å². The van der Waals surface area contributed by atoms with E-state index in [0.29, 0.717) is 24.0 Å². The Kier molecular flexibility index (Phi) is 6.75. The minimum atomic E-state index is -3.39. The first-order chi connectivity index (χ1) is 9.04. The zero-order chi connectivity index (χ0) is 13.9. The molecule has 0 saturated carbocycles. The summed E-state index contributed by atoms with van der Waals surface area (Å²) in [6, 6.07) is 6.46. The normalized spacial score (nSPS) is 17.7. The molecule has 0 amide bonds. The van der Waals surface area contributed by atoms with Crippen molar-refractivity contribution in [2.45, 2.75) is 17.7 Å². The molecule has 0 atom stereocenters. The van der Waals surface area contributed by atoms with E-state index in [1.165, 1.54) is 6.07 Å². The SMILES string of the molecule is CNCC1CCN(S(=O)(=O)c2cccc(Cl)c2)CC1.Cl. The van der Waals surface area contributed by atoms with E-state index in [9.17, 15) is 8.42 Å². The highest BCUT2D eigenvalue weighted by atomic mass is 35.5. The van der Waals surface area contributed by atoms with Gasteiger partial charge in [0.25, 0.3) is 0 Å². The Balaban J connectivity index is 0.00000200. The maximum atomic E-state index is 12.5. The van der Waals surface area contributed by atoms with Crippen LogP contribution < -0.4 is 5.32 Å². The number of sulfonamides is 1. The first kappa shape index (κ1) is 17.7. The molecule has 0 spiro atoms. The minimum absolute atomic E-state index is 0. The monoisotopic (exact) mass is 338 g/mol. The number of hydrogen-bond donors (Lipinski definition) is 1. The third-order valence-corrected chi connectivity index (χ3v) is 5.63. The summed E-state index contributed by atoms with van der Waals surface area (Å²) in [5.74, 6) is 0.566. The summed E-state index contributed by atoms with van der Waals surface area (Å²) in [6.45, 7) is 2.12. The molecule has 1 aliphatic heterocycles. The van der Waals surface area contributed by atoms with Gasteiger partial charge < -0.3 is 5.32 Å². The van der Waals surface area contributed by atoms with Crippen LogP contribution in [0.1, 0.15) is 12.8 Å². The van der Waals surface area contributed by atoms with Crippen LogP contribution in [-0.4, -0.2) is 39.4 Å². The molecule has 0 bridgehead atoms. The highest BCUT2D eigenvalue weighted by molar-refractivity contribution is 7.89. The molecule has 1 N–H and O–H groups in total. The average Bonchev–Trinajstić information content (AvgIpc) is 2.40. The Morgan fingerprint density at radius 3 is 2.55 bits per heavy atom. The Bertz CT molecular complexity index is 529. The fourth-order valence-corrected chi connectivity index (χ4v) is 4.19. The van der Waals surface area contributed by atoms with Gasteiger partial charge in [-0.2, -0.15) is 4.31 Å². The van der Waals surface area contributed by atoms with Gasteiger partial charge in [0, 0.05) is 18.1 Å². The number of benzene rings is 1. The number of rotatable bonds is 4. The van der Waals surface area contributed by atoms with Crippen LogP contribution in [0.4, 0.5) is 0 Å². The molecule has 1 fully saturated rings. The van der Waals surface area contributed by atoms with Crippen LogP contribution in [0.3, 0.4) is 0 Å². The number of nitrogens with one attached hydrogen (secondary N) is 1. The molecular weight excluding hydrogens is 319 g/mol. The van der Waals surface area contributed by atoms with Crippen molar-refractivity contribution in [3.63, 3.8) is 0 Å². The Morgan fingerprint density at radius 1 is 1.35 bits per heavy atom. The first-order valence-corrected chi connectivity index (χ1v) is 8.26. The highest BCUT2D eigenvalue weighted by Gasteiger charge is 2.29. The Morgan fingerprint density at radius 2 is 2.00 bits per heavy atom. The van der Waals surface area contributed by atoms with Crippen molar-refractivity contribution < 1.29 is 8.42 Å². The maximum absolute atomic E-state index is 12.5. The van der Waals surface area contributed by atoms with Gasteiger partial charge in [-0.15, -0.1) is 12.4 Å². The summed E-state index contributed by atoms with van der Waals surface area (Å²) in [5, 5.41) is 3.59. The quantitative estimate of drug-likeness (QED) is 0.916. The lowest BCUT2D eigenvalue weighted by atomic mass is 9.98. The van der Waals surface area contributed by atoms with E-state index < -0.39 is 10.0 Å². The van der Waals surface area contributed by atoms with Crippen LogP contribution in [0.15, 0.2) is 29.2 Å². The standard InChI is InChI=1S/C13H19ClN2O2S.ClH/c1-15-10-11-5-7-16(8-6-11)19(17,18)13-4-2-3-12(14)9-13;/h2-4,9,11,15H,5-8,10H2,1H3;1H. The molecule has 1 saturated heterocycles.